The molecule has 7 heteroatoms. The van der Waals surface area contributed by atoms with Gasteiger partial charge in [-0.3, -0.25) is 14.9 Å². The molecule has 0 aliphatic carbocycles. The largest absolute Gasteiger partial charge is 0.472 e. The van der Waals surface area contributed by atoms with Crippen molar-refractivity contribution < 1.29 is 18.6 Å². The van der Waals surface area contributed by atoms with Crippen molar-refractivity contribution in [2.45, 2.75) is 6.42 Å². The van der Waals surface area contributed by atoms with Crippen LogP contribution in [0.2, 0.25) is 0 Å². The third-order valence-electron chi connectivity index (χ3n) is 2.27. The summed E-state index contributed by atoms with van der Waals surface area (Å²) in [6.07, 6.45) is 3.75. The molecule has 1 amide bonds. The molecule has 0 saturated heterocycles. The zero-order valence-electron chi connectivity index (χ0n) is 9.29. The smallest absolute Gasteiger partial charge is 0.433 e. The molecule has 0 saturated carbocycles. The third kappa shape index (κ3) is 2.76. The summed E-state index contributed by atoms with van der Waals surface area (Å²) in [6, 6.07) is 4.21. The van der Waals surface area contributed by atoms with E-state index in [0.29, 0.717) is 13.0 Å². The fourth-order valence-corrected chi connectivity index (χ4v) is 1.39. The number of rotatable bonds is 5. The van der Waals surface area contributed by atoms with Crippen molar-refractivity contribution in [3.63, 3.8) is 0 Å². The van der Waals surface area contributed by atoms with Crippen LogP contribution >= 0.6 is 0 Å². The zero-order valence-corrected chi connectivity index (χ0v) is 9.29. The van der Waals surface area contributed by atoms with Crippen LogP contribution in [0.15, 0.2) is 39.6 Å². The summed E-state index contributed by atoms with van der Waals surface area (Å²) in [4.78, 5) is 21.2. The van der Waals surface area contributed by atoms with Gasteiger partial charge in [0.2, 0.25) is 0 Å². The molecule has 0 aromatic carbocycles. The highest BCUT2D eigenvalue weighted by Gasteiger charge is 2.16. The van der Waals surface area contributed by atoms with Gasteiger partial charge in [-0.05, 0) is 24.1 Å². The second-order valence-electron chi connectivity index (χ2n) is 3.53. The van der Waals surface area contributed by atoms with Crippen molar-refractivity contribution in [3.05, 3.63) is 52.2 Å². The Bertz CT molecular complexity index is 544. The molecule has 7 nitrogen and oxygen atoms in total. The van der Waals surface area contributed by atoms with E-state index in [2.05, 4.69) is 5.32 Å². The number of nitro groups is 1. The van der Waals surface area contributed by atoms with Gasteiger partial charge in [-0.2, -0.15) is 0 Å². The first-order valence-electron chi connectivity index (χ1n) is 5.20. The Labute approximate surface area is 102 Å². The lowest BCUT2D eigenvalue weighted by Gasteiger charge is -2.00. The van der Waals surface area contributed by atoms with Gasteiger partial charge in [0.1, 0.15) is 4.92 Å². The Balaban J connectivity index is 1.85. The maximum atomic E-state index is 11.6. The summed E-state index contributed by atoms with van der Waals surface area (Å²) >= 11 is 0. The summed E-state index contributed by atoms with van der Waals surface area (Å²) in [7, 11) is 0. The molecule has 2 aromatic rings. The fourth-order valence-electron chi connectivity index (χ4n) is 1.39. The van der Waals surface area contributed by atoms with E-state index in [9.17, 15) is 14.9 Å². The van der Waals surface area contributed by atoms with Crippen LogP contribution in [0.3, 0.4) is 0 Å². The predicted octanol–water partition coefficient (Wildman–Crippen LogP) is 1.75. The number of furan rings is 2. The summed E-state index contributed by atoms with van der Waals surface area (Å²) in [5.41, 5.74) is 0.959. The molecule has 94 valence electrons. The highest BCUT2D eigenvalue weighted by atomic mass is 16.6. The SMILES string of the molecule is O=C(NCCc1ccoc1)c1ccc([N+](=O)[O-])o1. The van der Waals surface area contributed by atoms with Gasteiger partial charge in [0.05, 0.1) is 18.6 Å². The number of amides is 1. The van der Waals surface area contributed by atoms with Crippen molar-refractivity contribution in [2.75, 3.05) is 6.54 Å². The van der Waals surface area contributed by atoms with Crippen LogP contribution in [0.25, 0.3) is 0 Å². The monoisotopic (exact) mass is 250 g/mol. The van der Waals surface area contributed by atoms with E-state index in [1.165, 1.54) is 6.07 Å². The first-order valence-corrected chi connectivity index (χ1v) is 5.20. The maximum Gasteiger partial charge on any atom is 0.433 e. The van der Waals surface area contributed by atoms with Gasteiger partial charge in [-0.25, -0.2) is 0 Å². The molecule has 0 bridgehead atoms. The predicted molar refractivity (Wildman–Crippen MR) is 60.1 cm³/mol. The molecule has 2 rings (SSSR count). The summed E-state index contributed by atoms with van der Waals surface area (Å²) in [5, 5.41) is 13.0. The number of nitrogens with zero attached hydrogens (tertiary/aromatic N) is 1. The van der Waals surface area contributed by atoms with E-state index in [1.807, 2.05) is 0 Å². The van der Waals surface area contributed by atoms with Crippen LogP contribution < -0.4 is 5.32 Å². The molecule has 0 radical (unpaired) electrons. The zero-order chi connectivity index (χ0) is 13.0. The molecule has 2 heterocycles. The van der Waals surface area contributed by atoms with Gasteiger partial charge in [0.25, 0.3) is 5.91 Å². The molecular weight excluding hydrogens is 240 g/mol. The molecule has 0 fully saturated rings. The molecule has 18 heavy (non-hydrogen) atoms. The second kappa shape index (κ2) is 5.17. The molecule has 0 spiro atoms. The Hall–Kier alpha value is -2.57. The van der Waals surface area contributed by atoms with E-state index in [4.69, 9.17) is 8.83 Å². The third-order valence-corrected chi connectivity index (χ3v) is 2.27. The number of hydrogen-bond donors (Lipinski definition) is 1. The Morgan fingerprint density at radius 2 is 2.22 bits per heavy atom. The molecule has 0 atom stereocenters. The maximum absolute atomic E-state index is 11.6. The number of carbonyl (C=O) groups excluding carboxylic acids is 1. The number of nitrogens with one attached hydrogen (secondary N) is 1. The van der Waals surface area contributed by atoms with E-state index in [1.54, 1.807) is 18.6 Å². The Kier molecular flexibility index (Phi) is 3.42. The van der Waals surface area contributed by atoms with E-state index in [-0.39, 0.29) is 5.76 Å². The lowest BCUT2D eigenvalue weighted by Crippen LogP contribution is -2.25. The van der Waals surface area contributed by atoms with Crippen LogP contribution in [0.5, 0.6) is 0 Å². The van der Waals surface area contributed by atoms with Crippen LogP contribution in [-0.2, 0) is 6.42 Å². The molecule has 1 N–H and O–H groups in total. The van der Waals surface area contributed by atoms with E-state index >= 15 is 0 Å². The highest BCUT2D eigenvalue weighted by Crippen LogP contribution is 2.15. The lowest BCUT2D eigenvalue weighted by molar-refractivity contribution is -0.402. The second-order valence-corrected chi connectivity index (χ2v) is 3.53. The van der Waals surface area contributed by atoms with Gasteiger partial charge < -0.3 is 14.2 Å². The van der Waals surface area contributed by atoms with Crippen LogP contribution in [-0.4, -0.2) is 17.4 Å². The molecule has 0 aliphatic heterocycles. The van der Waals surface area contributed by atoms with Gasteiger partial charge in [-0.15, -0.1) is 0 Å². The summed E-state index contributed by atoms with van der Waals surface area (Å²) < 4.78 is 9.65. The fraction of sp³-hybridized carbons (Fsp3) is 0.182. The van der Waals surface area contributed by atoms with Gasteiger partial charge in [0, 0.05) is 6.54 Å². The first kappa shape index (κ1) is 11.9. The van der Waals surface area contributed by atoms with Crippen molar-refractivity contribution >= 4 is 11.8 Å². The van der Waals surface area contributed by atoms with Gasteiger partial charge in [-0.1, -0.05) is 0 Å². The van der Waals surface area contributed by atoms with Gasteiger partial charge >= 0.3 is 5.88 Å². The van der Waals surface area contributed by atoms with Crippen LogP contribution in [0.4, 0.5) is 5.88 Å². The van der Waals surface area contributed by atoms with Crippen molar-refractivity contribution in [1.29, 1.82) is 0 Å². The molecule has 2 aromatic heterocycles. The average molecular weight is 250 g/mol. The minimum absolute atomic E-state index is 0.0751. The Morgan fingerprint density at radius 3 is 2.83 bits per heavy atom. The summed E-state index contributed by atoms with van der Waals surface area (Å²) in [6.45, 7) is 0.396. The van der Waals surface area contributed by atoms with Crippen LogP contribution in [0, 0.1) is 10.1 Å². The summed E-state index contributed by atoms with van der Waals surface area (Å²) in [5.74, 6) is -1.00. The van der Waals surface area contributed by atoms with E-state index < -0.39 is 16.7 Å². The van der Waals surface area contributed by atoms with Crippen molar-refractivity contribution in [2.24, 2.45) is 0 Å². The molecular formula is C11H10N2O5. The lowest BCUT2D eigenvalue weighted by atomic mass is 10.2. The molecule has 0 unspecified atom stereocenters. The standard InChI is InChI=1S/C11H10N2O5/c14-11(9-1-2-10(18-9)13(15)16)12-5-3-8-4-6-17-7-8/h1-2,4,6-7H,3,5H2,(H,12,14). The Morgan fingerprint density at radius 1 is 1.39 bits per heavy atom. The van der Waals surface area contributed by atoms with Crippen molar-refractivity contribution in [3.8, 4) is 0 Å². The van der Waals surface area contributed by atoms with Crippen LogP contribution in [0.1, 0.15) is 16.1 Å². The number of hydrogen-bond acceptors (Lipinski definition) is 5. The van der Waals surface area contributed by atoms with E-state index in [0.717, 1.165) is 11.6 Å². The minimum Gasteiger partial charge on any atom is -0.472 e. The highest BCUT2D eigenvalue weighted by molar-refractivity contribution is 5.91. The normalized spacial score (nSPS) is 10.2. The quantitative estimate of drug-likeness (QED) is 0.643. The minimum atomic E-state index is -0.692. The van der Waals surface area contributed by atoms with Crippen molar-refractivity contribution in [1.82, 2.24) is 5.32 Å². The topological polar surface area (TPSA) is 98.5 Å². The van der Waals surface area contributed by atoms with Gasteiger partial charge in [0.15, 0.2) is 5.76 Å². The first-order chi connectivity index (χ1) is 8.66. The number of carbonyl (C=O) groups is 1. The molecule has 0 aliphatic rings. The average Bonchev–Trinajstić information content (AvgIpc) is 2.99.